The summed E-state index contributed by atoms with van der Waals surface area (Å²) in [6, 6.07) is 25.9. The van der Waals surface area contributed by atoms with Gasteiger partial charge in [0.05, 0.1) is 12.3 Å². The van der Waals surface area contributed by atoms with Crippen molar-refractivity contribution in [2.24, 2.45) is 26.8 Å². The van der Waals surface area contributed by atoms with E-state index < -0.39 is 0 Å². The van der Waals surface area contributed by atoms with Gasteiger partial charge in [-0.3, -0.25) is 15.0 Å². The van der Waals surface area contributed by atoms with Crippen LogP contribution in [-0.4, -0.2) is 31.7 Å². The Kier molecular flexibility index (Phi) is 9.76. The average Bonchev–Trinajstić information content (AvgIpc) is 3.01. The number of aliphatic imine (C=N–C) groups is 3. The molecule has 0 heterocycles. The molecule has 0 spiro atoms. The van der Waals surface area contributed by atoms with Crippen LogP contribution in [0.4, 0.5) is 0 Å². The maximum Gasteiger partial charge on any atom is 0.0715 e. The first-order valence-corrected chi connectivity index (χ1v) is 15.3. The summed E-state index contributed by atoms with van der Waals surface area (Å²) in [5.74, 6) is 2.10. The maximum atomic E-state index is 4.85. The molecule has 3 aromatic carbocycles. The van der Waals surface area contributed by atoms with Crippen LogP contribution in [0.3, 0.4) is 0 Å². The lowest BCUT2D eigenvalue weighted by atomic mass is 9.71. The molecule has 40 heavy (non-hydrogen) atoms. The fourth-order valence-electron chi connectivity index (χ4n) is 7.07. The Morgan fingerprint density at radius 1 is 0.725 bits per heavy atom. The Morgan fingerprint density at radius 3 is 2.17 bits per heavy atom. The van der Waals surface area contributed by atoms with Gasteiger partial charge in [0.1, 0.15) is 0 Å². The number of aryl methyl sites for hydroxylation is 1. The van der Waals surface area contributed by atoms with Crippen LogP contribution in [-0.2, 0) is 6.54 Å². The van der Waals surface area contributed by atoms with Crippen LogP contribution in [0.15, 0.2) is 87.8 Å². The van der Waals surface area contributed by atoms with Crippen molar-refractivity contribution in [2.75, 3.05) is 14.1 Å². The third-order valence-electron chi connectivity index (χ3n) is 9.16. The lowest BCUT2D eigenvalue weighted by Crippen LogP contribution is -2.29. The number of benzene rings is 3. The Bertz CT molecular complexity index is 1340. The molecule has 0 atom stereocenters. The van der Waals surface area contributed by atoms with Gasteiger partial charge in [0, 0.05) is 37.1 Å². The van der Waals surface area contributed by atoms with Gasteiger partial charge in [-0.05, 0) is 97.6 Å². The Balaban J connectivity index is 1.22. The molecule has 0 saturated heterocycles. The minimum Gasteiger partial charge on any atom is -0.297 e. The molecule has 208 valence electrons. The predicted octanol–water partition coefficient (Wildman–Crippen LogP) is 9.01. The van der Waals surface area contributed by atoms with Crippen molar-refractivity contribution >= 4 is 17.6 Å². The largest absolute Gasteiger partial charge is 0.297 e. The van der Waals surface area contributed by atoms with Crippen molar-refractivity contribution in [3.8, 4) is 0 Å². The standard InChI is InChI=1S/C37H45N3/c1-27-17-18-29(24-35(27)30-19-21-33(22-20-30)36(38-2)31-12-6-4-7-13-31)26-40-25-28-11-10-16-34(23-28)37(39-3)32-14-8-5-9-15-32/h5,8-11,14-18,23-24,26,30-31,33H,4,6-7,12-13,19-22,25H2,1-3H3/b38-36-,39-37+,40-26+. The first kappa shape index (κ1) is 28.2. The van der Waals surface area contributed by atoms with Crippen molar-refractivity contribution < 1.29 is 0 Å². The monoisotopic (exact) mass is 531 g/mol. The quantitative estimate of drug-likeness (QED) is 0.260. The van der Waals surface area contributed by atoms with E-state index in [1.807, 2.05) is 20.2 Å². The maximum absolute atomic E-state index is 4.85. The molecule has 2 aliphatic carbocycles. The van der Waals surface area contributed by atoms with Crippen LogP contribution in [0.1, 0.15) is 97.1 Å². The van der Waals surface area contributed by atoms with Crippen LogP contribution < -0.4 is 0 Å². The highest BCUT2D eigenvalue weighted by molar-refractivity contribution is 6.12. The van der Waals surface area contributed by atoms with Gasteiger partial charge >= 0.3 is 0 Å². The Hall–Kier alpha value is -3.33. The minimum atomic E-state index is 0.649. The van der Waals surface area contributed by atoms with Gasteiger partial charge in [0.25, 0.3) is 0 Å². The first-order valence-electron chi connectivity index (χ1n) is 15.3. The topological polar surface area (TPSA) is 37.1 Å². The lowest BCUT2D eigenvalue weighted by Gasteiger charge is -2.34. The molecular weight excluding hydrogens is 486 g/mol. The second kappa shape index (κ2) is 13.8. The number of rotatable bonds is 8. The van der Waals surface area contributed by atoms with E-state index in [1.165, 1.54) is 80.0 Å². The number of nitrogens with zero attached hydrogens (tertiary/aromatic N) is 3. The molecule has 5 rings (SSSR count). The van der Waals surface area contributed by atoms with Crippen LogP contribution in [0.5, 0.6) is 0 Å². The third kappa shape index (κ3) is 6.86. The summed E-state index contributed by atoms with van der Waals surface area (Å²) in [7, 11) is 3.90. The van der Waals surface area contributed by atoms with Crippen LogP contribution in [0.2, 0.25) is 0 Å². The molecule has 3 nitrogen and oxygen atoms in total. The molecule has 0 N–H and O–H groups in total. The fraction of sp³-hybridized carbons (Fsp3) is 0.432. The highest BCUT2D eigenvalue weighted by atomic mass is 14.7. The molecule has 0 aliphatic heterocycles. The van der Waals surface area contributed by atoms with Gasteiger partial charge in [-0.25, -0.2) is 0 Å². The van der Waals surface area contributed by atoms with Crippen molar-refractivity contribution in [1.29, 1.82) is 0 Å². The molecule has 2 aliphatic rings. The van der Waals surface area contributed by atoms with Crippen molar-refractivity contribution in [1.82, 2.24) is 0 Å². The SMILES string of the molecule is C/N=C(/C1CCCCC1)C1CCC(c2cc(/C=N/Cc3cccc(/C(=N/C)c4ccccc4)c3)ccc2C)CC1. The molecule has 3 heteroatoms. The summed E-state index contributed by atoms with van der Waals surface area (Å²) in [6.45, 7) is 2.93. The zero-order valence-corrected chi connectivity index (χ0v) is 24.7. The second-order valence-electron chi connectivity index (χ2n) is 11.8. The molecule has 3 aromatic rings. The molecule has 0 unspecified atom stereocenters. The summed E-state index contributed by atoms with van der Waals surface area (Å²) in [5, 5.41) is 0. The van der Waals surface area contributed by atoms with E-state index in [-0.39, 0.29) is 0 Å². The van der Waals surface area contributed by atoms with E-state index in [0.717, 1.165) is 22.8 Å². The van der Waals surface area contributed by atoms with E-state index in [9.17, 15) is 0 Å². The van der Waals surface area contributed by atoms with Crippen LogP contribution >= 0.6 is 0 Å². The number of hydrogen-bond donors (Lipinski definition) is 0. The summed E-state index contributed by atoms with van der Waals surface area (Å²) < 4.78 is 0. The Labute approximate surface area is 241 Å². The van der Waals surface area contributed by atoms with E-state index in [1.54, 1.807) is 5.71 Å². The molecule has 0 aromatic heterocycles. The first-order chi connectivity index (χ1) is 19.7. The van der Waals surface area contributed by atoms with Gasteiger partial charge < -0.3 is 0 Å². The van der Waals surface area contributed by atoms with E-state index >= 15 is 0 Å². The molecule has 2 saturated carbocycles. The van der Waals surface area contributed by atoms with E-state index in [0.29, 0.717) is 18.4 Å². The molecule has 0 bridgehead atoms. The summed E-state index contributed by atoms with van der Waals surface area (Å²) in [6.07, 6.45) is 14.1. The van der Waals surface area contributed by atoms with Gasteiger partial charge in [0.15, 0.2) is 0 Å². The van der Waals surface area contributed by atoms with Crippen LogP contribution in [0.25, 0.3) is 0 Å². The summed E-state index contributed by atoms with van der Waals surface area (Å²) in [5.41, 5.74) is 10.2. The lowest BCUT2D eigenvalue weighted by molar-refractivity contribution is 0.362. The average molecular weight is 532 g/mol. The smallest absolute Gasteiger partial charge is 0.0715 e. The van der Waals surface area contributed by atoms with Gasteiger partial charge in [-0.15, -0.1) is 0 Å². The van der Waals surface area contributed by atoms with E-state index in [4.69, 9.17) is 9.98 Å². The Morgan fingerprint density at radius 2 is 1.45 bits per heavy atom. The zero-order chi connectivity index (χ0) is 27.7. The second-order valence-corrected chi connectivity index (χ2v) is 11.8. The summed E-state index contributed by atoms with van der Waals surface area (Å²) in [4.78, 5) is 14.3. The predicted molar refractivity (Wildman–Crippen MR) is 172 cm³/mol. The molecule has 2 fully saturated rings. The normalized spacial score (nSPS) is 21.2. The summed E-state index contributed by atoms with van der Waals surface area (Å²) >= 11 is 0. The van der Waals surface area contributed by atoms with Gasteiger partial charge in [-0.2, -0.15) is 0 Å². The third-order valence-corrected chi connectivity index (χ3v) is 9.16. The van der Waals surface area contributed by atoms with Gasteiger partial charge in [0.2, 0.25) is 0 Å². The molecule has 0 amide bonds. The molecular formula is C37H45N3. The van der Waals surface area contributed by atoms with E-state index in [2.05, 4.69) is 84.9 Å². The van der Waals surface area contributed by atoms with Gasteiger partial charge in [-0.1, -0.05) is 79.9 Å². The van der Waals surface area contributed by atoms with Crippen molar-refractivity contribution in [2.45, 2.75) is 77.2 Å². The minimum absolute atomic E-state index is 0.649. The van der Waals surface area contributed by atoms with Crippen LogP contribution in [0, 0.1) is 18.8 Å². The number of hydrogen-bond acceptors (Lipinski definition) is 3. The molecule has 0 radical (unpaired) electrons. The highest BCUT2D eigenvalue weighted by Crippen LogP contribution is 2.40. The van der Waals surface area contributed by atoms with Crippen molar-refractivity contribution in [3.05, 3.63) is 106 Å². The van der Waals surface area contributed by atoms with Crippen molar-refractivity contribution in [3.63, 3.8) is 0 Å². The highest BCUT2D eigenvalue weighted by Gasteiger charge is 2.30. The fourth-order valence-corrected chi connectivity index (χ4v) is 7.07. The zero-order valence-electron chi connectivity index (χ0n) is 24.7.